The van der Waals surface area contributed by atoms with E-state index in [9.17, 15) is 0 Å². The van der Waals surface area contributed by atoms with Crippen LogP contribution in [0, 0.1) is 5.92 Å². The summed E-state index contributed by atoms with van der Waals surface area (Å²) in [6.07, 6.45) is 4.49. The number of rotatable bonds is 9. The number of hydrogen-bond donors (Lipinski definition) is 2. The molecule has 0 fully saturated rings. The number of aromatic nitrogens is 2. The lowest BCUT2D eigenvalue weighted by atomic mass is 10.2. The lowest BCUT2D eigenvalue weighted by molar-refractivity contribution is 0.289. The maximum absolute atomic E-state index is 8.87. The predicted octanol–water partition coefficient (Wildman–Crippen LogP) is 1.43. The van der Waals surface area contributed by atoms with Crippen LogP contribution in [0.4, 0.5) is 5.95 Å². The van der Waals surface area contributed by atoms with Crippen molar-refractivity contribution < 1.29 is 5.11 Å². The van der Waals surface area contributed by atoms with Gasteiger partial charge in [0.1, 0.15) is 0 Å². The minimum Gasteiger partial charge on any atom is -0.396 e. The monoisotopic (exact) mass is 266 g/mol. The summed E-state index contributed by atoms with van der Waals surface area (Å²) in [5.74, 6) is 1.39. The molecular weight excluding hydrogens is 240 g/mol. The molecule has 0 spiro atoms. The van der Waals surface area contributed by atoms with E-state index in [1.807, 2.05) is 12.4 Å². The van der Waals surface area contributed by atoms with Crippen LogP contribution in [0.5, 0.6) is 0 Å². The molecule has 1 aromatic heterocycles. The van der Waals surface area contributed by atoms with Gasteiger partial charge in [0.05, 0.1) is 0 Å². The summed E-state index contributed by atoms with van der Waals surface area (Å²) in [6.45, 7) is 10.1. The standard InChI is InChI=1S/C14H26N4O/c1-4-18(6-5-7-19)14-16-10-13(11-17-14)9-15-8-12(2)3/h10-12,15,19H,4-9H2,1-3H3. The molecule has 2 N–H and O–H groups in total. The van der Waals surface area contributed by atoms with Crippen LogP contribution in [-0.2, 0) is 6.54 Å². The lowest BCUT2D eigenvalue weighted by Gasteiger charge is -2.20. The summed E-state index contributed by atoms with van der Waals surface area (Å²) >= 11 is 0. The van der Waals surface area contributed by atoms with Crippen molar-refractivity contribution in [2.75, 3.05) is 31.1 Å². The second-order valence-corrected chi connectivity index (χ2v) is 5.07. The molecule has 1 heterocycles. The van der Waals surface area contributed by atoms with Gasteiger partial charge in [-0.15, -0.1) is 0 Å². The quantitative estimate of drug-likeness (QED) is 0.708. The first-order valence-corrected chi connectivity index (χ1v) is 7.04. The van der Waals surface area contributed by atoms with Crippen molar-refractivity contribution in [3.05, 3.63) is 18.0 Å². The topological polar surface area (TPSA) is 61.3 Å². The first-order valence-electron chi connectivity index (χ1n) is 7.04. The first-order chi connectivity index (χ1) is 9.17. The van der Waals surface area contributed by atoms with Gasteiger partial charge in [0.2, 0.25) is 5.95 Å². The minimum atomic E-state index is 0.202. The summed E-state index contributed by atoms with van der Waals surface area (Å²) in [7, 11) is 0. The van der Waals surface area contributed by atoms with Gasteiger partial charge in [-0.05, 0) is 25.8 Å². The third-order valence-corrected chi connectivity index (χ3v) is 2.82. The number of aliphatic hydroxyl groups is 1. The average molecular weight is 266 g/mol. The van der Waals surface area contributed by atoms with E-state index in [4.69, 9.17) is 5.11 Å². The molecule has 0 saturated heterocycles. The van der Waals surface area contributed by atoms with E-state index < -0.39 is 0 Å². The summed E-state index contributed by atoms with van der Waals surface area (Å²) in [5.41, 5.74) is 1.10. The Bertz CT molecular complexity index is 340. The van der Waals surface area contributed by atoms with Crippen molar-refractivity contribution in [3.8, 4) is 0 Å². The maximum Gasteiger partial charge on any atom is 0.225 e. The fourth-order valence-electron chi connectivity index (χ4n) is 1.77. The average Bonchev–Trinajstić information content (AvgIpc) is 2.41. The Labute approximate surface area is 116 Å². The van der Waals surface area contributed by atoms with Gasteiger partial charge in [-0.2, -0.15) is 0 Å². The molecule has 0 aliphatic heterocycles. The predicted molar refractivity (Wildman–Crippen MR) is 78.2 cm³/mol. The second kappa shape index (κ2) is 8.82. The molecule has 0 saturated carbocycles. The zero-order chi connectivity index (χ0) is 14.1. The van der Waals surface area contributed by atoms with E-state index in [0.29, 0.717) is 5.92 Å². The van der Waals surface area contributed by atoms with Crippen molar-refractivity contribution in [3.63, 3.8) is 0 Å². The van der Waals surface area contributed by atoms with Gasteiger partial charge in [0.15, 0.2) is 0 Å². The largest absolute Gasteiger partial charge is 0.396 e. The van der Waals surface area contributed by atoms with Gasteiger partial charge in [0.25, 0.3) is 0 Å². The van der Waals surface area contributed by atoms with Gasteiger partial charge >= 0.3 is 0 Å². The highest BCUT2D eigenvalue weighted by Gasteiger charge is 2.06. The zero-order valence-electron chi connectivity index (χ0n) is 12.3. The second-order valence-electron chi connectivity index (χ2n) is 5.07. The zero-order valence-corrected chi connectivity index (χ0v) is 12.3. The van der Waals surface area contributed by atoms with Crippen molar-refractivity contribution in [1.29, 1.82) is 0 Å². The third-order valence-electron chi connectivity index (χ3n) is 2.82. The van der Waals surface area contributed by atoms with E-state index in [-0.39, 0.29) is 6.61 Å². The molecule has 108 valence electrons. The van der Waals surface area contributed by atoms with Crippen molar-refractivity contribution in [2.45, 2.75) is 33.7 Å². The summed E-state index contributed by atoms with van der Waals surface area (Å²) in [5, 5.41) is 12.2. The van der Waals surface area contributed by atoms with Crippen LogP contribution < -0.4 is 10.2 Å². The van der Waals surface area contributed by atoms with Crippen LogP contribution in [0.1, 0.15) is 32.8 Å². The Hall–Kier alpha value is -1.20. The molecule has 0 radical (unpaired) electrons. The molecule has 5 nitrogen and oxygen atoms in total. The Morgan fingerprint density at radius 3 is 2.53 bits per heavy atom. The molecule has 0 aliphatic rings. The number of hydrogen-bond acceptors (Lipinski definition) is 5. The van der Waals surface area contributed by atoms with Crippen LogP contribution >= 0.6 is 0 Å². The van der Waals surface area contributed by atoms with Crippen LogP contribution in [-0.4, -0.2) is 41.3 Å². The number of aliphatic hydroxyl groups excluding tert-OH is 1. The molecule has 0 bridgehead atoms. The smallest absolute Gasteiger partial charge is 0.225 e. The Morgan fingerprint density at radius 2 is 2.00 bits per heavy atom. The van der Waals surface area contributed by atoms with E-state index in [1.165, 1.54) is 0 Å². The molecule has 1 rings (SSSR count). The van der Waals surface area contributed by atoms with Gasteiger partial charge in [-0.1, -0.05) is 13.8 Å². The SMILES string of the molecule is CCN(CCCO)c1ncc(CNCC(C)C)cn1. The molecule has 19 heavy (non-hydrogen) atoms. The summed E-state index contributed by atoms with van der Waals surface area (Å²) < 4.78 is 0. The molecular formula is C14H26N4O. The first kappa shape index (κ1) is 15.9. The number of anilines is 1. The van der Waals surface area contributed by atoms with E-state index in [1.54, 1.807) is 0 Å². The highest BCUT2D eigenvalue weighted by Crippen LogP contribution is 2.07. The van der Waals surface area contributed by atoms with E-state index >= 15 is 0 Å². The summed E-state index contributed by atoms with van der Waals surface area (Å²) in [6, 6.07) is 0. The third kappa shape index (κ3) is 5.98. The highest BCUT2D eigenvalue weighted by molar-refractivity contribution is 5.29. The van der Waals surface area contributed by atoms with Gasteiger partial charge in [0, 0.05) is 44.2 Å². The summed E-state index contributed by atoms with van der Waals surface area (Å²) in [4.78, 5) is 10.9. The Morgan fingerprint density at radius 1 is 1.32 bits per heavy atom. The molecule has 5 heteroatoms. The van der Waals surface area contributed by atoms with E-state index in [0.717, 1.165) is 44.1 Å². The molecule has 0 atom stereocenters. The lowest BCUT2D eigenvalue weighted by Crippen LogP contribution is -2.27. The van der Waals surface area contributed by atoms with Crippen LogP contribution in [0.25, 0.3) is 0 Å². The fourth-order valence-corrected chi connectivity index (χ4v) is 1.77. The van der Waals surface area contributed by atoms with E-state index in [2.05, 4.69) is 41.0 Å². The van der Waals surface area contributed by atoms with Gasteiger partial charge in [-0.3, -0.25) is 0 Å². The highest BCUT2D eigenvalue weighted by atomic mass is 16.3. The van der Waals surface area contributed by atoms with Crippen molar-refractivity contribution in [1.82, 2.24) is 15.3 Å². The maximum atomic E-state index is 8.87. The number of nitrogens with zero attached hydrogens (tertiary/aromatic N) is 3. The van der Waals surface area contributed by atoms with Crippen LogP contribution in [0.3, 0.4) is 0 Å². The van der Waals surface area contributed by atoms with Crippen molar-refractivity contribution in [2.24, 2.45) is 5.92 Å². The van der Waals surface area contributed by atoms with Gasteiger partial charge in [-0.25, -0.2) is 9.97 Å². The molecule has 0 aliphatic carbocycles. The number of nitrogens with one attached hydrogen (secondary N) is 1. The Balaban J connectivity index is 2.49. The normalized spacial score (nSPS) is 11.0. The van der Waals surface area contributed by atoms with Crippen molar-refractivity contribution >= 4 is 5.95 Å². The molecule has 0 amide bonds. The molecule has 0 aromatic carbocycles. The van der Waals surface area contributed by atoms with Crippen LogP contribution in [0.2, 0.25) is 0 Å². The van der Waals surface area contributed by atoms with Crippen LogP contribution in [0.15, 0.2) is 12.4 Å². The minimum absolute atomic E-state index is 0.202. The molecule has 1 aromatic rings. The molecule has 0 unspecified atom stereocenters. The Kier molecular flexibility index (Phi) is 7.36. The fraction of sp³-hybridized carbons (Fsp3) is 0.714. The van der Waals surface area contributed by atoms with Gasteiger partial charge < -0.3 is 15.3 Å².